The first-order valence-electron chi connectivity index (χ1n) is 9.18. The number of carbonyl (C=O) groups excluding carboxylic acids is 2. The molecule has 0 radical (unpaired) electrons. The standard InChI is InChI=1S/C20H17N5O2S2/c1-12-10-17(26)21-13-6-2-3-7-14(13)24(12)18(27)11-28-19-22-23-20-25(19)15-8-4-5-9-16(15)29-20/h2-9,12H,10-11H2,1H3,(H,21,26). The molecule has 0 spiro atoms. The second-order valence-corrected chi connectivity index (χ2v) is 8.79. The quantitative estimate of drug-likeness (QED) is 0.507. The molecule has 1 aliphatic heterocycles. The highest BCUT2D eigenvalue weighted by Crippen LogP contribution is 2.33. The molecule has 2 amide bonds. The normalized spacial score (nSPS) is 16.7. The van der Waals surface area contributed by atoms with Gasteiger partial charge in [0, 0.05) is 12.5 Å². The minimum absolute atomic E-state index is 0.0669. The maximum Gasteiger partial charge on any atom is 0.237 e. The molecule has 1 N–H and O–H groups in total. The lowest BCUT2D eigenvalue weighted by molar-refractivity contribution is -0.117. The number of anilines is 2. The largest absolute Gasteiger partial charge is 0.324 e. The molecule has 0 saturated carbocycles. The van der Waals surface area contributed by atoms with Crippen molar-refractivity contribution in [3.05, 3.63) is 48.5 Å². The van der Waals surface area contributed by atoms with Crippen LogP contribution >= 0.6 is 23.1 Å². The lowest BCUT2D eigenvalue weighted by atomic mass is 10.2. The third-order valence-electron chi connectivity index (χ3n) is 4.86. The van der Waals surface area contributed by atoms with Gasteiger partial charge in [0.05, 0.1) is 27.3 Å². The number of aromatic nitrogens is 3. The minimum Gasteiger partial charge on any atom is -0.324 e. The number of hydrogen-bond donors (Lipinski definition) is 1. The fourth-order valence-electron chi connectivity index (χ4n) is 3.61. The maximum absolute atomic E-state index is 13.2. The van der Waals surface area contributed by atoms with Crippen molar-refractivity contribution < 1.29 is 9.59 Å². The molecule has 29 heavy (non-hydrogen) atoms. The Labute approximate surface area is 174 Å². The lowest BCUT2D eigenvalue weighted by Gasteiger charge is -2.27. The van der Waals surface area contributed by atoms with Gasteiger partial charge in [0.2, 0.25) is 16.8 Å². The van der Waals surface area contributed by atoms with Gasteiger partial charge >= 0.3 is 0 Å². The molecule has 3 heterocycles. The van der Waals surface area contributed by atoms with E-state index in [4.69, 9.17) is 0 Å². The molecular formula is C20H17N5O2S2. The third-order valence-corrected chi connectivity index (χ3v) is 6.79. The van der Waals surface area contributed by atoms with Crippen LogP contribution in [0.4, 0.5) is 11.4 Å². The molecule has 1 unspecified atom stereocenters. The van der Waals surface area contributed by atoms with E-state index in [1.165, 1.54) is 11.8 Å². The molecule has 2 aromatic carbocycles. The summed E-state index contributed by atoms with van der Waals surface area (Å²) >= 11 is 2.94. The highest BCUT2D eigenvalue weighted by atomic mass is 32.2. The van der Waals surface area contributed by atoms with Crippen LogP contribution < -0.4 is 10.2 Å². The van der Waals surface area contributed by atoms with Gasteiger partial charge in [-0.05, 0) is 31.2 Å². The second-order valence-electron chi connectivity index (χ2n) is 6.84. The molecule has 0 bridgehead atoms. The first-order valence-corrected chi connectivity index (χ1v) is 11.0. The Balaban J connectivity index is 1.43. The van der Waals surface area contributed by atoms with E-state index in [0.717, 1.165) is 20.9 Å². The van der Waals surface area contributed by atoms with Crippen molar-refractivity contribution in [2.45, 2.75) is 24.5 Å². The predicted molar refractivity (Wildman–Crippen MR) is 116 cm³/mol. The van der Waals surface area contributed by atoms with Crippen LogP contribution in [0.1, 0.15) is 13.3 Å². The van der Waals surface area contributed by atoms with Crippen LogP contribution in [-0.4, -0.2) is 38.2 Å². The van der Waals surface area contributed by atoms with Gasteiger partial charge in [-0.2, -0.15) is 0 Å². The number of thioether (sulfide) groups is 1. The number of nitrogens with one attached hydrogen (secondary N) is 1. The van der Waals surface area contributed by atoms with Crippen molar-refractivity contribution in [2.75, 3.05) is 16.0 Å². The van der Waals surface area contributed by atoms with E-state index in [0.29, 0.717) is 10.8 Å². The van der Waals surface area contributed by atoms with Crippen LogP contribution in [0.5, 0.6) is 0 Å². The van der Waals surface area contributed by atoms with Crippen molar-refractivity contribution in [3.8, 4) is 0 Å². The Hall–Kier alpha value is -2.91. The van der Waals surface area contributed by atoms with Crippen molar-refractivity contribution in [1.29, 1.82) is 0 Å². The number of carbonyl (C=O) groups is 2. The van der Waals surface area contributed by atoms with E-state index in [1.54, 1.807) is 16.2 Å². The number of fused-ring (bicyclic) bond motifs is 4. The van der Waals surface area contributed by atoms with Crippen molar-refractivity contribution in [3.63, 3.8) is 0 Å². The number of amides is 2. The first-order chi connectivity index (χ1) is 14.1. The van der Waals surface area contributed by atoms with Crippen molar-refractivity contribution in [1.82, 2.24) is 14.6 Å². The number of thiazole rings is 1. The maximum atomic E-state index is 13.2. The van der Waals surface area contributed by atoms with Crippen LogP contribution in [0.15, 0.2) is 53.7 Å². The Morgan fingerprint density at radius 3 is 2.90 bits per heavy atom. The Morgan fingerprint density at radius 1 is 1.21 bits per heavy atom. The molecule has 0 saturated heterocycles. The Kier molecular flexibility index (Phi) is 4.48. The molecule has 1 aliphatic rings. The zero-order valence-corrected chi connectivity index (χ0v) is 17.2. The van der Waals surface area contributed by atoms with Crippen molar-refractivity contribution >= 4 is 61.5 Å². The third kappa shape index (κ3) is 3.16. The van der Waals surface area contributed by atoms with Gasteiger partial charge in [-0.3, -0.25) is 14.0 Å². The smallest absolute Gasteiger partial charge is 0.237 e. The molecule has 4 aromatic rings. The molecule has 0 aliphatic carbocycles. The summed E-state index contributed by atoms with van der Waals surface area (Å²) in [5.41, 5.74) is 2.42. The summed E-state index contributed by atoms with van der Waals surface area (Å²) < 4.78 is 3.12. The van der Waals surface area contributed by atoms with E-state index < -0.39 is 0 Å². The van der Waals surface area contributed by atoms with E-state index in [2.05, 4.69) is 15.5 Å². The van der Waals surface area contributed by atoms with Gasteiger partial charge in [0.25, 0.3) is 0 Å². The van der Waals surface area contributed by atoms with Crippen LogP contribution in [-0.2, 0) is 9.59 Å². The molecule has 5 rings (SSSR count). The van der Waals surface area contributed by atoms with Crippen LogP contribution in [0.2, 0.25) is 0 Å². The minimum atomic E-state index is -0.229. The number of hydrogen-bond acceptors (Lipinski definition) is 6. The summed E-state index contributed by atoms with van der Waals surface area (Å²) in [6.07, 6.45) is 0.259. The molecule has 7 nitrogen and oxygen atoms in total. The van der Waals surface area contributed by atoms with E-state index in [-0.39, 0.29) is 30.0 Å². The topological polar surface area (TPSA) is 79.6 Å². The van der Waals surface area contributed by atoms with E-state index >= 15 is 0 Å². The summed E-state index contributed by atoms with van der Waals surface area (Å²) in [4.78, 5) is 27.8. The second kappa shape index (κ2) is 7.16. The highest BCUT2D eigenvalue weighted by molar-refractivity contribution is 7.99. The van der Waals surface area contributed by atoms with Crippen LogP contribution in [0.3, 0.4) is 0 Å². The summed E-state index contributed by atoms with van der Waals surface area (Å²) in [7, 11) is 0. The summed E-state index contributed by atoms with van der Waals surface area (Å²) in [5, 5.41) is 12.1. The molecular weight excluding hydrogens is 406 g/mol. The average molecular weight is 424 g/mol. The van der Waals surface area contributed by atoms with E-state index in [9.17, 15) is 9.59 Å². The summed E-state index contributed by atoms with van der Waals surface area (Å²) in [6.45, 7) is 1.89. The summed E-state index contributed by atoms with van der Waals surface area (Å²) in [5.74, 6) is 0.0530. The van der Waals surface area contributed by atoms with Gasteiger partial charge in [-0.15, -0.1) is 10.2 Å². The number of rotatable bonds is 3. The SMILES string of the molecule is CC1CC(=O)Nc2ccccc2N1C(=O)CSc1nnc2sc3ccccc3n12. The van der Waals surface area contributed by atoms with E-state index in [1.807, 2.05) is 59.9 Å². The molecule has 146 valence electrons. The zero-order chi connectivity index (χ0) is 20.0. The molecule has 2 aromatic heterocycles. The molecule has 0 fully saturated rings. The number of para-hydroxylation sites is 3. The van der Waals surface area contributed by atoms with Gasteiger partial charge < -0.3 is 10.2 Å². The highest BCUT2D eigenvalue weighted by Gasteiger charge is 2.29. The fourth-order valence-corrected chi connectivity index (χ4v) is 5.44. The Morgan fingerprint density at radius 2 is 2.00 bits per heavy atom. The van der Waals surface area contributed by atoms with Crippen LogP contribution in [0.25, 0.3) is 15.2 Å². The Bertz CT molecular complexity index is 1250. The fraction of sp³-hybridized carbons (Fsp3) is 0.200. The average Bonchev–Trinajstić information content (AvgIpc) is 3.23. The molecule has 1 atom stereocenters. The number of nitrogens with zero attached hydrogens (tertiary/aromatic N) is 4. The lowest BCUT2D eigenvalue weighted by Crippen LogP contribution is -2.40. The molecule has 9 heteroatoms. The summed E-state index contributed by atoms with van der Waals surface area (Å²) in [6, 6.07) is 15.2. The first kappa shape index (κ1) is 18.1. The van der Waals surface area contributed by atoms with Gasteiger partial charge in [0.15, 0.2) is 5.16 Å². The van der Waals surface area contributed by atoms with Gasteiger partial charge in [-0.1, -0.05) is 47.4 Å². The van der Waals surface area contributed by atoms with Gasteiger partial charge in [-0.25, -0.2) is 0 Å². The zero-order valence-electron chi connectivity index (χ0n) is 15.5. The van der Waals surface area contributed by atoms with Gasteiger partial charge in [0.1, 0.15) is 0 Å². The van der Waals surface area contributed by atoms with Crippen LogP contribution in [0, 0.1) is 0 Å². The number of benzene rings is 2. The predicted octanol–water partition coefficient (Wildman–Crippen LogP) is 3.80. The van der Waals surface area contributed by atoms with Crippen molar-refractivity contribution in [2.24, 2.45) is 0 Å². The monoisotopic (exact) mass is 423 g/mol.